The van der Waals surface area contributed by atoms with Gasteiger partial charge in [0, 0.05) is 12.8 Å². The first-order valence-corrected chi connectivity index (χ1v) is 9.74. The summed E-state index contributed by atoms with van der Waals surface area (Å²) in [6.45, 7) is 2.84. The van der Waals surface area contributed by atoms with Gasteiger partial charge in [0.15, 0.2) is 0 Å². The highest BCUT2D eigenvalue weighted by molar-refractivity contribution is 6.03. The molecule has 29 heavy (non-hydrogen) atoms. The van der Waals surface area contributed by atoms with E-state index in [1.165, 1.54) is 5.56 Å². The largest absolute Gasteiger partial charge is 0.391 e. The van der Waals surface area contributed by atoms with Gasteiger partial charge in [-0.3, -0.25) is 0 Å². The molecule has 3 aromatic rings. The molecule has 0 heterocycles. The Morgan fingerprint density at radius 2 is 1.07 bits per heavy atom. The standard InChI is InChI=1S/C25H26N2O2/c1-21(26-28-19-23-13-7-3-8-14-23)17-25(18-22-11-5-2-6-12-22)27-29-20-24-15-9-4-10-16-24/h2-16H,17-20H2,1H3. The fourth-order valence-corrected chi connectivity index (χ4v) is 2.85. The minimum atomic E-state index is 0.444. The van der Waals surface area contributed by atoms with E-state index >= 15 is 0 Å². The first-order valence-electron chi connectivity index (χ1n) is 9.74. The van der Waals surface area contributed by atoms with E-state index in [1.54, 1.807) is 0 Å². The molecule has 0 aliphatic rings. The number of nitrogens with zero attached hydrogens (tertiary/aromatic N) is 2. The van der Waals surface area contributed by atoms with E-state index in [0.717, 1.165) is 22.6 Å². The Bertz CT molecular complexity index is 907. The van der Waals surface area contributed by atoms with Crippen LogP contribution in [-0.2, 0) is 29.3 Å². The molecular formula is C25H26N2O2. The number of hydrogen-bond donors (Lipinski definition) is 0. The molecule has 4 nitrogen and oxygen atoms in total. The second-order valence-electron chi connectivity index (χ2n) is 6.84. The summed E-state index contributed by atoms with van der Waals surface area (Å²) in [6, 6.07) is 30.3. The van der Waals surface area contributed by atoms with Crippen LogP contribution in [0.5, 0.6) is 0 Å². The molecule has 0 saturated heterocycles. The van der Waals surface area contributed by atoms with Crippen LogP contribution < -0.4 is 0 Å². The highest BCUT2D eigenvalue weighted by atomic mass is 16.6. The summed E-state index contributed by atoms with van der Waals surface area (Å²) in [4.78, 5) is 11.1. The van der Waals surface area contributed by atoms with Gasteiger partial charge >= 0.3 is 0 Å². The molecule has 0 spiro atoms. The van der Waals surface area contributed by atoms with Gasteiger partial charge in [0.2, 0.25) is 0 Å². The smallest absolute Gasteiger partial charge is 0.142 e. The maximum Gasteiger partial charge on any atom is 0.142 e. The zero-order valence-electron chi connectivity index (χ0n) is 16.7. The monoisotopic (exact) mass is 386 g/mol. The van der Waals surface area contributed by atoms with Crippen LogP contribution in [0.1, 0.15) is 30.0 Å². The zero-order chi connectivity index (χ0) is 20.2. The molecule has 3 aromatic carbocycles. The number of benzene rings is 3. The number of hydrogen-bond acceptors (Lipinski definition) is 4. The van der Waals surface area contributed by atoms with Gasteiger partial charge in [-0.1, -0.05) is 101 Å². The molecule has 0 unspecified atom stereocenters. The van der Waals surface area contributed by atoms with Crippen LogP contribution in [0.4, 0.5) is 0 Å². The molecule has 0 aliphatic heterocycles. The van der Waals surface area contributed by atoms with Crippen molar-refractivity contribution in [3.63, 3.8) is 0 Å². The molecular weight excluding hydrogens is 360 g/mol. The summed E-state index contributed by atoms with van der Waals surface area (Å²) < 4.78 is 0. The van der Waals surface area contributed by atoms with Gasteiger partial charge in [0.05, 0.1) is 11.4 Å². The predicted molar refractivity (Wildman–Crippen MR) is 118 cm³/mol. The lowest BCUT2D eigenvalue weighted by Gasteiger charge is -2.08. The van der Waals surface area contributed by atoms with Gasteiger partial charge in [-0.25, -0.2) is 0 Å². The fourth-order valence-electron chi connectivity index (χ4n) is 2.85. The lowest BCUT2D eigenvalue weighted by molar-refractivity contribution is 0.128. The quantitative estimate of drug-likeness (QED) is 0.327. The van der Waals surface area contributed by atoms with Crippen LogP contribution in [0, 0.1) is 0 Å². The molecule has 0 aliphatic carbocycles. The predicted octanol–water partition coefficient (Wildman–Crippen LogP) is 5.78. The van der Waals surface area contributed by atoms with Crippen molar-refractivity contribution in [3.05, 3.63) is 108 Å². The van der Waals surface area contributed by atoms with Crippen molar-refractivity contribution in [2.24, 2.45) is 10.3 Å². The van der Waals surface area contributed by atoms with E-state index in [2.05, 4.69) is 22.4 Å². The second-order valence-corrected chi connectivity index (χ2v) is 6.84. The Kier molecular flexibility index (Phi) is 8.03. The summed E-state index contributed by atoms with van der Waals surface area (Å²) in [6.07, 6.45) is 1.31. The van der Waals surface area contributed by atoms with E-state index in [0.29, 0.717) is 26.1 Å². The molecule has 0 aromatic heterocycles. The Hall–Kier alpha value is -3.40. The van der Waals surface area contributed by atoms with Crippen molar-refractivity contribution in [1.29, 1.82) is 0 Å². The van der Waals surface area contributed by atoms with Crippen LogP contribution in [0.25, 0.3) is 0 Å². The summed E-state index contributed by atoms with van der Waals surface area (Å²) in [7, 11) is 0. The molecule has 0 amide bonds. The Morgan fingerprint density at radius 3 is 1.59 bits per heavy atom. The van der Waals surface area contributed by atoms with Crippen LogP contribution in [0.2, 0.25) is 0 Å². The summed E-state index contributed by atoms with van der Waals surface area (Å²) in [5, 5.41) is 8.65. The number of oxime groups is 2. The third-order valence-electron chi connectivity index (χ3n) is 4.27. The normalized spacial score (nSPS) is 11.9. The third kappa shape index (κ3) is 7.62. The van der Waals surface area contributed by atoms with Crippen LogP contribution in [0.15, 0.2) is 101 Å². The van der Waals surface area contributed by atoms with Crippen molar-refractivity contribution in [1.82, 2.24) is 0 Å². The SMILES string of the molecule is CC(CC(Cc1ccccc1)=NOCc1ccccc1)=NOCc1ccccc1. The molecule has 0 atom stereocenters. The molecule has 0 N–H and O–H groups in total. The lowest BCUT2D eigenvalue weighted by Crippen LogP contribution is -2.10. The molecule has 148 valence electrons. The highest BCUT2D eigenvalue weighted by Gasteiger charge is 2.06. The van der Waals surface area contributed by atoms with Gasteiger partial charge in [-0.05, 0) is 23.6 Å². The molecule has 0 bridgehead atoms. The number of rotatable bonds is 10. The van der Waals surface area contributed by atoms with E-state index in [9.17, 15) is 0 Å². The second kappa shape index (κ2) is 11.4. The zero-order valence-corrected chi connectivity index (χ0v) is 16.7. The van der Waals surface area contributed by atoms with Crippen molar-refractivity contribution >= 4 is 11.4 Å². The Morgan fingerprint density at radius 1 is 0.621 bits per heavy atom. The van der Waals surface area contributed by atoms with Crippen LogP contribution >= 0.6 is 0 Å². The van der Waals surface area contributed by atoms with Gasteiger partial charge < -0.3 is 9.68 Å². The first kappa shape index (κ1) is 20.3. The van der Waals surface area contributed by atoms with Crippen molar-refractivity contribution in [3.8, 4) is 0 Å². The summed E-state index contributed by atoms with van der Waals surface area (Å²) in [5.41, 5.74) is 5.14. The van der Waals surface area contributed by atoms with Gasteiger partial charge in [0.25, 0.3) is 0 Å². The highest BCUT2D eigenvalue weighted by Crippen LogP contribution is 2.08. The maximum atomic E-state index is 5.62. The average Bonchev–Trinajstić information content (AvgIpc) is 2.76. The topological polar surface area (TPSA) is 43.2 Å². The summed E-state index contributed by atoms with van der Waals surface area (Å²) >= 11 is 0. The van der Waals surface area contributed by atoms with Gasteiger partial charge in [-0.15, -0.1) is 0 Å². The summed E-state index contributed by atoms with van der Waals surface area (Å²) in [5.74, 6) is 0. The minimum absolute atomic E-state index is 0.444. The third-order valence-corrected chi connectivity index (χ3v) is 4.27. The lowest BCUT2D eigenvalue weighted by atomic mass is 10.0. The maximum absolute atomic E-state index is 5.62. The van der Waals surface area contributed by atoms with E-state index < -0.39 is 0 Å². The molecule has 0 fully saturated rings. The van der Waals surface area contributed by atoms with Crippen LogP contribution in [0.3, 0.4) is 0 Å². The fraction of sp³-hybridized carbons (Fsp3) is 0.200. The first-order chi connectivity index (χ1) is 14.3. The molecule has 4 heteroatoms. The molecule has 3 rings (SSSR count). The van der Waals surface area contributed by atoms with Gasteiger partial charge in [0.1, 0.15) is 13.2 Å². The average molecular weight is 386 g/mol. The Labute approximate surface area is 172 Å². The van der Waals surface area contributed by atoms with Gasteiger partial charge in [-0.2, -0.15) is 0 Å². The van der Waals surface area contributed by atoms with Crippen molar-refractivity contribution in [2.45, 2.75) is 33.0 Å². The van der Waals surface area contributed by atoms with Crippen molar-refractivity contribution < 1.29 is 9.68 Å². The minimum Gasteiger partial charge on any atom is -0.391 e. The van der Waals surface area contributed by atoms with E-state index in [-0.39, 0.29) is 0 Å². The molecule has 0 saturated carbocycles. The molecule has 0 radical (unpaired) electrons. The Balaban J connectivity index is 1.60. The van der Waals surface area contributed by atoms with Crippen LogP contribution in [-0.4, -0.2) is 11.4 Å². The van der Waals surface area contributed by atoms with Crippen molar-refractivity contribution in [2.75, 3.05) is 0 Å². The van der Waals surface area contributed by atoms with E-state index in [1.807, 2.05) is 85.8 Å². The van der Waals surface area contributed by atoms with E-state index in [4.69, 9.17) is 9.68 Å².